The number of hydrogen-bond acceptors (Lipinski definition) is 5. The summed E-state index contributed by atoms with van der Waals surface area (Å²) in [6.45, 7) is 1.80. The Kier molecular flexibility index (Phi) is 3.93. The zero-order valence-corrected chi connectivity index (χ0v) is 14.6. The number of benzene rings is 1. The fourth-order valence-electron chi connectivity index (χ4n) is 3.05. The van der Waals surface area contributed by atoms with Crippen LogP contribution in [0.25, 0.3) is 11.4 Å². The lowest BCUT2D eigenvalue weighted by Gasteiger charge is -2.27. The summed E-state index contributed by atoms with van der Waals surface area (Å²) in [5.41, 5.74) is 8.42. The lowest BCUT2D eigenvalue weighted by molar-refractivity contribution is -0.115. The van der Waals surface area contributed by atoms with Crippen molar-refractivity contribution in [3.8, 4) is 11.4 Å². The highest BCUT2D eigenvalue weighted by Crippen LogP contribution is 2.36. The number of allylic oxidation sites excluding steroid dienone is 1. The van der Waals surface area contributed by atoms with E-state index in [9.17, 15) is 4.79 Å². The molecule has 0 saturated heterocycles. The van der Waals surface area contributed by atoms with E-state index in [1.54, 1.807) is 36.1 Å². The zero-order valence-electron chi connectivity index (χ0n) is 13.8. The summed E-state index contributed by atoms with van der Waals surface area (Å²) in [6.07, 6.45) is 3.36. The predicted octanol–water partition coefficient (Wildman–Crippen LogP) is 2.77. The monoisotopic (exact) mass is 366 g/mol. The number of nitrogens with one attached hydrogen (secondary N) is 1. The van der Waals surface area contributed by atoms with Gasteiger partial charge >= 0.3 is 0 Å². The Hall–Kier alpha value is -3.19. The minimum absolute atomic E-state index is 0.436. The lowest BCUT2D eigenvalue weighted by atomic mass is 9.95. The van der Waals surface area contributed by atoms with E-state index in [-0.39, 0.29) is 0 Å². The molecule has 8 heteroatoms. The number of amides is 1. The van der Waals surface area contributed by atoms with Crippen LogP contribution in [-0.2, 0) is 4.79 Å². The van der Waals surface area contributed by atoms with Gasteiger partial charge in [-0.2, -0.15) is 4.98 Å². The summed E-state index contributed by atoms with van der Waals surface area (Å²) in [6, 6.07) is 10.4. The first-order chi connectivity index (χ1) is 12.5. The topological polar surface area (TPSA) is 98.7 Å². The van der Waals surface area contributed by atoms with Crippen molar-refractivity contribution < 1.29 is 4.79 Å². The van der Waals surface area contributed by atoms with Crippen LogP contribution in [0.3, 0.4) is 0 Å². The molecule has 3 heterocycles. The summed E-state index contributed by atoms with van der Waals surface area (Å²) in [4.78, 5) is 20.7. The molecular formula is C18H15ClN6O. The number of fused-ring (bicyclic) bond motifs is 1. The van der Waals surface area contributed by atoms with E-state index in [2.05, 4.69) is 20.4 Å². The average Bonchev–Trinajstić information content (AvgIpc) is 3.05. The molecule has 1 amide bonds. The van der Waals surface area contributed by atoms with Crippen LogP contribution in [0.1, 0.15) is 18.5 Å². The van der Waals surface area contributed by atoms with Crippen LogP contribution in [0.2, 0.25) is 5.02 Å². The molecule has 0 spiro atoms. The second-order valence-corrected chi connectivity index (χ2v) is 6.36. The molecule has 0 saturated carbocycles. The van der Waals surface area contributed by atoms with Gasteiger partial charge in [-0.05, 0) is 36.8 Å². The quantitative estimate of drug-likeness (QED) is 0.742. The van der Waals surface area contributed by atoms with E-state index in [0.29, 0.717) is 28.1 Å². The molecule has 1 aromatic carbocycles. The van der Waals surface area contributed by atoms with E-state index in [1.165, 1.54) is 0 Å². The normalized spacial score (nSPS) is 16.2. The van der Waals surface area contributed by atoms with Crippen molar-refractivity contribution in [1.29, 1.82) is 0 Å². The van der Waals surface area contributed by atoms with Gasteiger partial charge in [0.25, 0.3) is 0 Å². The summed E-state index contributed by atoms with van der Waals surface area (Å²) in [5.74, 6) is 0.563. The molecular weight excluding hydrogens is 352 g/mol. The van der Waals surface area contributed by atoms with Gasteiger partial charge < -0.3 is 11.1 Å². The van der Waals surface area contributed by atoms with E-state index >= 15 is 0 Å². The van der Waals surface area contributed by atoms with E-state index in [0.717, 1.165) is 11.1 Å². The molecule has 130 valence electrons. The van der Waals surface area contributed by atoms with Crippen molar-refractivity contribution in [2.45, 2.75) is 13.0 Å². The number of nitrogens with two attached hydrogens (primary N) is 1. The molecule has 26 heavy (non-hydrogen) atoms. The molecule has 4 rings (SSSR count). The van der Waals surface area contributed by atoms with Crippen molar-refractivity contribution in [2.75, 3.05) is 5.32 Å². The Morgan fingerprint density at radius 3 is 2.54 bits per heavy atom. The first-order valence-corrected chi connectivity index (χ1v) is 8.32. The summed E-state index contributed by atoms with van der Waals surface area (Å²) < 4.78 is 1.67. The first-order valence-electron chi connectivity index (χ1n) is 7.94. The number of carbonyl (C=O) groups excluding carboxylic acids is 1. The van der Waals surface area contributed by atoms with Crippen molar-refractivity contribution >= 4 is 23.5 Å². The number of carbonyl (C=O) groups is 1. The molecule has 3 aromatic rings. The summed E-state index contributed by atoms with van der Waals surface area (Å²) in [7, 11) is 0. The molecule has 0 aliphatic carbocycles. The smallest absolute Gasteiger partial charge is 0.248 e. The molecule has 0 bridgehead atoms. The molecule has 1 unspecified atom stereocenters. The van der Waals surface area contributed by atoms with E-state index in [4.69, 9.17) is 17.3 Å². The van der Waals surface area contributed by atoms with Gasteiger partial charge in [0, 0.05) is 28.7 Å². The third-order valence-electron chi connectivity index (χ3n) is 4.24. The van der Waals surface area contributed by atoms with Gasteiger partial charge in [0.2, 0.25) is 11.9 Å². The fourth-order valence-corrected chi connectivity index (χ4v) is 3.17. The number of rotatable bonds is 3. The van der Waals surface area contributed by atoms with Gasteiger partial charge in [-0.15, -0.1) is 5.10 Å². The van der Waals surface area contributed by atoms with Crippen LogP contribution in [0, 0.1) is 0 Å². The van der Waals surface area contributed by atoms with E-state index < -0.39 is 11.9 Å². The van der Waals surface area contributed by atoms with Crippen LogP contribution >= 0.6 is 11.6 Å². The molecule has 3 N–H and O–H groups in total. The second kappa shape index (κ2) is 6.27. The standard InChI is InChI=1S/C18H15ClN6O/c1-10-14(16(20)26)15(11-2-4-13(19)5-3-11)25-18(22-10)23-17(24-25)12-6-8-21-9-7-12/h2-9,15H,1H3,(H2,20,26)(H,22,23,24). The first kappa shape index (κ1) is 16.3. The molecule has 1 aliphatic rings. The van der Waals surface area contributed by atoms with Crippen molar-refractivity contribution in [2.24, 2.45) is 5.73 Å². The summed E-state index contributed by atoms with van der Waals surface area (Å²) >= 11 is 6.01. The maximum Gasteiger partial charge on any atom is 0.248 e. The Labute approximate surface area is 154 Å². The number of halogens is 1. The largest absolute Gasteiger partial charge is 0.366 e. The van der Waals surface area contributed by atoms with Crippen LogP contribution in [0.5, 0.6) is 0 Å². The maximum atomic E-state index is 12.1. The Balaban J connectivity index is 1.88. The van der Waals surface area contributed by atoms with Crippen LogP contribution in [0.4, 0.5) is 5.95 Å². The third-order valence-corrected chi connectivity index (χ3v) is 4.49. The highest BCUT2D eigenvalue weighted by atomic mass is 35.5. The molecule has 7 nitrogen and oxygen atoms in total. The molecule has 0 radical (unpaired) electrons. The van der Waals surface area contributed by atoms with Crippen LogP contribution < -0.4 is 11.1 Å². The summed E-state index contributed by atoms with van der Waals surface area (Å²) in [5, 5.41) is 8.34. The maximum absolute atomic E-state index is 12.1. The Morgan fingerprint density at radius 1 is 1.19 bits per heavy atom. The highest BCUT2D eigenvalue weighted by molar-refractivity contribution is 6.30. The molecule has 0 fully saturated rings. The Bertz CT molecular complexity index is 1010. The van der Waals surface area contributed by atoms with Gasteiger partial charge in [-0.1, -0.05) is 23.7 Å². The second-order valence-electron chi connectivity index (χ2n) is 5.92. The minimum atomic E-state index is -0.512. The number of aromatic nitrogens is 4. The van der Waals surface area contributed by atoms with Gasteiger partial charge in [-0.25, -0.2) is 4.68 Å². The lowest BCUT2D eigenvalue weighted by Crippen LogP contribution is -2.31. The van der Waals surface area contributed by atoms with Crippen molar-refractivity contribution in [1.82, 2.24) is 19.7 Å². The number of nitrogens with zero attached hydrogens (tertiary/aromatic N) is 4. The SMILES string of the molecule is CC1=C(C(N)=O)C(c2ccc(Cl)cc2)n2nc(-c3ccncc3)nc2N1. The van der Waals surface area contributed by atoms with Gasteiger partial charge in [0.05, 0.1) is 5.57 Å². The Morgan fingerprint density at radius 2 is 1.88 bits per heavy atom. The van der Waals surface area contributed by atoms with Crippen molar-refractivity contribution in [3.05, 3.63) is 70.6 Å². The number of pyridine rings is 1. The number of hydrogen-bond donors (Lipinski definition) is 2. The minimum Gasteiger partial charge on any atom is -0.366 e. The number of primary amides is 1. The number of anilines is 1. The van der Waals surface area contributed by atoms with E-state index in [1.807, 2.05) is 24.3 Å². The van der Waals surface area contributed by atoms with Gasteiger partial charge in [-0.3, -0.25) is 9.78 Å². The fraction of sp³-hybridized carbons (Fsp3) is 0.111. The predicted molar refractivity (Wildman–Crippen MR) is 98.4 cm³/mol. The highest BCUT2D eigenvalue weighted by Gasteiger charge is 2.33. The zero-order chi connectivity index (χ0) is 18.3. The molecule has 1 atom stereocenters. The average molecular weight is 367 g/mol. The molecule has 2 aromatic heterocycles. The molecule has 1 aliphatic heterocycles. The van der Waals surface area contributed by atoms with Crippen LogP contribution in [0.15, 0.2) is 60.1 Å². The van der Waals surface area contributed by atoms with Crippen LogP contribution in [-0.4, -0.2) is 25.7 Å². The third kappa shape index (κ3) is 2.72. The van der Waals surface area contributed by atoms with Gasteiger partial charge in [0.15, 0.2) is 5.82 Å². The van der Waals surface area contributed by atoms with Crippen molar-refractivity contribution in [3.63, 3.8) is 0 Å². The van der Waals surface area contributed by atoms with Gasteiger partial charge in [0.1, 0.15) is 6.04 Å².